The zero-order valence-electron chi connectivity index (χ0n) is 23.1. The normalized spacial score (nSPS) is 23.4. The van der Waals surface area contributed by atoms with Crippen LogP contribution in [0.4, 0.5) is 0 Å². The molecule has 1 heteroatoms. The third kappa shape index (κ3) is 5.28. The summed E-state index contributed by atoms with van der Waals surface area (Å²) in [7, 11) is 0. The van der Waals surface area contributed by atoms with Gasteiger partial charge in [-0.2, -0.15) is 0 Å². The third-order valence-corrected chi connectivity index (χ3v) is 9.71. The van der Waals surface area contributed by atoms with Crippen LogP contribution in [0.5, 0.6) is 0 Å². The van der Waals surface area contributed by atoms with Crippen LogP contribution in [-0.4, -0.2) is 18.0 Å². The quantitative estimate of drug-likeness (QED) is 0.340. The average molecular weight is 482 g/mol. The van der Waals surface area contributed by atoms with Crippen molar-refractivity contribution in [2.75, 3.05) is 13.1 Å². The highest BCUT2D eigenvalue weighted by molar-refractivity contribution is 5.73. The van der Waals surface area contributed by atoms with E-state index in [1.54, 1.807) is 27.8 Å². The number of allylic oxidation sites excluding steroid dienone is 2. The summed E-state index contributed by atoms with van der Waals surface area (Å²) in [4.78, 5) is 2.71. The second-order valence-corrected chi connectivity index (χ2v) is 12.3. The van der Waals surface area contributed by atoms with Crippen molar-refractivity contribution in [1.82, 2.24) is 4.90 Å². The smallest absolute Gasteiger partial charge is 0.0236 e. The van der Waals surface area contributed by atoms with E-state index in [4.69, 9.17) is 0 Å². The molecule has 0 saturated carbocycles. The van der Waals surface area contributed by atoms with Crippen molar-refractivity contribution in [2.24, 2.45) is 11.8 Å². The molecule has 1 aliphatic heterocycles. The molecule has 36 heavy (non-hydrogen) atoms. The Labute approximate surface area is 220 Å². The minimum Gasteiger partial charge on any atom is -0.299 e. The van der Waals surface area contributed by atoms with Crippen LogP contribution in [0.1, 0.15) is 111 Å². The fourth-order valence-corrected chi connectivity index (χ4v) is 7.55. The van der Waals surface area contributed by atoms with Crippen LogP contribution < -0.4 is 0 Å². The molecule has 0 aromatic heterocycles. The lowest BCUT2D eigenvalue weighted by atomic mass is 9.81. The Morgan fingerprint density at radius 1 is 1.08 bits per heavy atom. The molecule has 0 amide bonds. The molecule has 5 rings (SSSR count). The number of piperidine rings is 1. The summed E-state index contributed by atoms with van der Waals surface area (Å²) in [6.07, 6.45) is 11.4. The predicted molar refractivity (Wildman–Crippen MR) is 156 cm³/mol. The van der Waals surface area contributed by atoms with Crippen LogP contribution in [0.25, 0.3) is 5.57 Å². The van der Waals surface area contributed by atoms with Gasteiger partial charge in [-0.05, 0) is 134 Å². The van der Waals surface area contributed by atoms with E-state index in [2.05, 4.69) is 75.2 Å². The first-order valence-electron chi connectivity index (χ1n) is 14.7. The van der Waals surface area contributed by atoms with Crippen LogP contribution in [0.3, 0.4) is 0 Å². The maximum atomic E-state index is 4.57. The van der Waals surface area contributed by atoms with Crippen molar-refractivity contribution in [3.05, 3.63) is 88.5 Å². The van der Waals surface area contributed by atoms with Crippen molar-refractivity contribution in [3.8, 4) is 0 Å². The molecule has 3 atom stereocenters. The van der Waals surface area contributed by atoms with E-state index in [0.29, 0.717) is 11.8 Å². The summed E-state index contributed by atoms with van der Waals surface area (Å²) in [6.45, 7) is 19.2. The number of hydrogen-bond donors (Lipinski definition) is 0. The Morgan fingerprint density at radius 3 is 2.64 bits per heavy atom. The van der Waals surface area contributed by atoms with Crippen molar-refractivity contribution in [2.45, 2.75) is 96.9 Å². The van der Waals surface area contributed by atoms with E-state index in [1.165, 1.54) is 81.2 Å². The van der Waals surface area contributed by atoms with E-state index < -0.39 is 0 Å². The van der Waals surface area contributed by atoms with E-state index in [0.717, 1.165) is 24.8 Å². The minimum absolute atomic E-state index is 0.612. The van der Waals surface area contributed by atoms with Crippen LogP contribution in [0.15, 0.2) is 55.1 Å². The number of benzene rings is 2. The molecule has 1 saturated heterocycles. The van der Waals surface area contributed by atoms with Crippen LogP contribution in [0.2, 0.25) is 0 Å². The Balaban J connectivity index is 1.21. The number of rotatable bonds is 8. The van der Waals surface area contributed by atoms with E-state index in [-0.39, 0.29) is 0 Å². The fourth-order valence-electron chi connectivity index (χ4n) is 7.55. The second-order valence-electron chi connectivity index (χ2n) is 12.3. The molecule has 1 heterocycles. The molecule has 0 bridgehead atoms. The summed E-state index contributed by atoms with van der Waals surface area (Å²) in [5, 5.41) is 0. The zero-order chi connectivity index (χ0) is 25.2. The molecule has 1 fully saturated rings. The number of aryl methyl sites for hydroxylation is 1. The highest BCUT2D eigenvalue weighted by Gasteiger charge is 2.32. The molecular weight excluding hydrogens is 434 g/mol. The van der Waals surface area contributed by atoms with Gasteiger partial charge in [-0.15, -0.1) is 6.58 Å². The SMILES string of the molecule is C=C(C)CCC(CC)C1Cc2cc(C3CCN(Cc4cccc5c4C(C)CCC5)CC3)ccc2C1=C. The van der Waals surface area contributed by atoms with Gasteiger partial charge in [-0.3, -0.25) is 4.90 Å². The monoisotopic (exact) mass is 481 g/mol. The maximum Gasteiger partial charge on any atom is 0.0236 e. The highest BCUT2D eigenvalue weighted by Crippen LogP contribution is 2.44. The van der Waals surface area contributed by atoms with Crippen molar-refractivity contribution < 1.29 is 0 Å². The average Bonchev–Trinajstić information content (AvgIpc) is 3.20. The molecular formula is C35H47N. The maximum absolute atomic E-state index is 4.57. The summed E-state index contributed by atoms with van der Waals surface area (Å²) < 4.78 is 0. The van der Waals surface area contributed by atoms with Crippen molar-refractivity contribution >= 4 is 5.57 Å². The van der Waals surface area contributed by atoms with E-state index >= 15 is 0 Å². The summed E-state index contributed by atoms with van der Waals surface area (Å²) in [5.74, 6) is 2.76. The lowest BCUT2D eigenvalue weighted by Gasteiger charge is -2.34. The first-order chi connectivity index (χ1) is 17.4. The zero-order valence-corrected chi connectivity index (χ0v) is 23.1. The van der Waals surface area contributed by atoms with E-state index in [1.807, 2.05) is 0 Å². The van der Waals surface area contributed by atoms with Gasteiger partial charge in [0.2, 0.25) is 0 Å². The molecule has 2 aliphatic carbocycles. The first-order valence-corrected chi connectivity index (χ1v) is 14.7. The summed E-state index contributed by atoms with van der Waals surface area (Å²) in [5.41, 5.74) is 12.2. The van der Waals surface area contributed by atoms with E-state index in [9.17, 15) is 0 Å². The number of hydrogen-bond acceptors (Lipinski definition) is 1. The molecule has 0 N–H and O–H groups in total. The van der Waals surface area contributed by atoms with Gasteiger partial charge < -0.3 is 0 Å². The highest BCUT2D eigenvalue weighted by atomic mass is 15.1. The number of nitrogens with zero attached hydrogens (tertiary/aromatic N) is 1. The fraction of sp³-hybridized carbons (Fsp3) is 0.543. The number of likely N-dealkylation sites (tertiary alicyclic amines) is 1. The largest absolute Gasteiger partial charge is 0.299 e. The van der Waals surface area contributed by atoms with Crippen molar-refractivity contribution in [1.29, 1.82) is 0 Å². The van der Waals surface area contributed by atoms with Gasteiger partial charge in [-0.25, -0.2) is 0 Å². The Morgan fingerprint density at radius 2 is 1.89 bits per heavy atom. The third-order valence-electron chi connectivity index (χ3n) is 9.71. The molecule has 1 nitrogen and oxygen atoms in total. The molecule has 0 spiro atoms. The van der Waals surface area contributed by atoms with Gasteiger partial charge in [0.25, 0.3) is 0 Å². The molecule has 3 aliphatic rings. The number of fused-ring (bicyclic) bond motifs is 2. The predicted octanol–water partition coefficient (Wildman–Crippen LogP) is 9.07. The Kier molecular flexibility index (Phi) is 7.87. The molecule has 2 aromatic carbocycles. The summed E-state index contributed by atoms with van der Waals surface area (Å²) in [6, 6.07) is 14.5. The van der Waals surface area contributed by atoms with Gasteiger partial charge in [0.1, 0.15) is 0 Å². The summed E-state index contributed by atoms with van der Waals surface area (Å²) >= 11 is 0. The van der Waals surface area contributed by atoms with Gasteiger partial charge in [0.05, 0.1) is 0 Å². The lowest BCUT2D eigenvalue weighted by molar-refractivity contribution is 0.203. The second kappa shape index (κ2) is 11.1. The standard InChI is InChI=1S/C35H47N/c1-6-27(14-13-24(2)3)34-22-32-21-30(15-16-33(32)26(34)5)28-17-19-36(20-18-28)23-31-12-8-11-29-10-7-9-25(4)35(29)31/h8,11-12,15-16,21,25,27-28,34H,2,5-7,9-10,13-14,17-20,22-23H2,1,3-4H3. The van der Waals surface area contributed by atoms with Gasteiger partial charge in [0.15, 0.2) is 0 Å². The molecule has 2 aromatic rings. The molecule has 0 radical (unpaired) electrons. The van der Waals surface area contributed by atoms with Crippen LogP contribution >= 0.6 is 0 Å². The molecule has 192 valence electrons. The van der Waals surface area contributed by atoms with Crippen LogP contribution in [0, 0.1) is 11.8 Å². The van der Waals surface area contributed by atoms with Gasteiger partial charge in [0, 0.05) is 6.54 Å². The Hall–Kier alpha value is -2.12. The first kappa shape index (κ1) is 25.5. The topological polar surface area (TPSA) is 3.24 Å². The van der Waals surface area contributed by atoms with Crippen molar-refractivity contribution in [3.63, 3.8) is 0 Å². The minimum atomic E-state index is 0.612. The van der Waals surface area contributed by atoms with Crippen LogP contribution in [-0.2, 0) is 19.4 Å². The van der Waals surface area contributed by atoms with Gasteiger partial charge in [-0.1, -0.05) is 68.8 Å². The Bertz CT molecular complexity index is 1100. The van der Waals surface area contributed by atoms with Gasteiger partial charge >= 0.3 is 0 Å². The molecule has 3 unspecified atom stereocenters. The lowest BCUT2D eigenvalue weighted by Crippen LogP contribution is -2.33.